The van der Waals surface area contributed by atoms with E-state index in [-0.39, 0.29) is 5.91 Å². The van der Waals surface area contributed by atoms with Crippen LogP contribution >= 0.6 is 0 Å². The predicted molar refractivity (Wildman–Crippen MR) is 71.2 cm³/mol. The number of anilines is 1. The van der Waals surface area contributed by atoms with Crippen LogP contribution in [0.15, 0.2) is 45.9 Å². The first-order chi connectivity index (χ1) is 9.19. The van der Waals surface area contributed by atoms with Gasteiger partial charge >= 0.3 is 0 Å². The number of methoxy groups -OCH3 is 1. The van der Waals surface area contributed by atoms with Gasteiger partial charge in [0.15, 0.2) is 5.88 Å². The van der Waals surface area contributed by atoms with Crippen LogP contribution in [0.4, 0.5) is 5.88 Å². The molecule has 98 valence electrons. The van der Waals surface area contributed by atoms with Crippen molar-refractivity contribution >= 4 is 18.0 Å². The lowest BCUT2D eigenvalue weighted by Gasteiger charge is -2.01. The first kappa shape index (κ1) is 12.7. The third kappa shape index (κ3) is 3.35. The van der Waals surface area contributed by atoms with Crippen LogP contribution in [0.2, 0.25) is 0 Å². The normalized spacial score (nSPS) is 10.6. The molecule has 3 N–H and O–H groups in total. The fraction of sp³-hybridized carbons (Fsp3) is 0.0769. The second kappa shape index (κ2) is 5.72. The van der Waals surface area contributed by atoms with E-state index < -0.39 is 0 Å². The van der Waals surface area contributed by atoms with Crippen molar-refractivity contribution in [3.05, 3.63) is 47.7 Å². The molecule has 0 aliphatic heterocycles. The van der Waals surface area contributed by atoms with Crippen molar-refractivity contribution in [2.24, 2.45) is 5.10 Å². The summed E-state index contributed by atoms with van der Waals surface area (Å²) in [6.45, 7) is 0. The molecule has 0 aliphatic rings. The van der Waals surface area contributed by atoms with Gasteiger partial charge in [0.1, 0.15) is 11.5 Å². The third-order valence-corrected chi connectivity index (χ3v) is 2.36. The van der Waals surface area contributed by atoms with Gasteiger partial charge in [-0.3, -0.25) is 4.79 Å². The Hall–Kier alpha value is -2.76. The van der Waals surface area contributed by atoms with Crippen LogP contribution in [0.3, 0.4) is 0 Å². The largest absolute Gasteiger partial charge is 0.497 e. The molecule has 0 fully saturated rings. The highest BCUT2D eigenvalue weighted by molar-refractivity contribution is 5.94. The summed E-state index contributed by atoms with van der Waals surface area (Å²) in [4.78, 5) is 11.7. The van der Waals surface area contributed by atoms with Crippen LogP contribution in [0.25, 0.3) is 0 Å². The molecule has 0 spiro atoms. The highest BCUT2D eigenvalue weighted by Crippen LogP contribution is 2.11. The lowest BCUT2D eigenvalue weighted by molar-refractivity contribution is 0.0955. The van der Waals surface area contributed by atoms with E-state index in [0.29, 0.717) is 23.0 Å². The van der Waals surface area contributed by atoms with Crippen molar-refractivity contribution in [1.82, 2.24) is 5.43 Å². The third-order valence-electron chi connectivity index (χ3n) is 2.36. The Morgan fingerprint density at radius 1 is 1.32 bits per heavy atom. The number of hydrogen-bond donors (Lipinski definition) is 2. The predicted octanol–water partition coefficient (Wildman–Crippen LogP) is 1.63. The topological polar surface area (TPSA) is 89.8 Å². The van der Waals surface area contributed by atoms with Gasteiger partial charge in [-0.2, -0.15) is 5.10 Å². The monoisotopic (exact) mass is 259 g/mol. The molecule has 0 bridgehead atoms. The highest BCUT2D eigenvalue weighted by atomic mass is 16.5. The molecule has 0 saturated heterocycles. The van der Waals surface area contributed by atoms with E-state index in [1.807, 2.05) is 0 Å². The average Bonchev–Trinajstić information content (AvgIpc) is 2.84. The average molecular weight is 259 g/mol. The maximum Gasteiger partial charge on any atom is 0.271 e. The number of hydrazone groups is 1. The molecule has 0 unspecified atom stereocenters. The van der Waals surface area contributed by atoms with Gasteiger partial charge in [-0.25, -0.2) is 5.43 Å². The molecule has 0 atom stereocenters. The molecule has 0 saturated carbocycles. The Morgan fingerprint density at radius 3 is 2.63 bits per heavy atom. The Labute approximate surface area is 109 Å². The zero-order valence-corrected chi connectivity index (χ0v) is 10.3. The van der Waals surface area contributed by atoms with Gasteiger partial charge in [0, 0.05) is 11.6 Å². The quantitative estimate of drug-likeness (QED) is 0.645. The molecular weight excluding hydrogens is 246 g/mol. The SMILES string of the molecule is COc1ccc(C(=O)N/N=C/c2ccc(N)o2)cc1. The first-order valence-electron chi connectivity index (χ1n) is 5.52. The number of nitrogens with one attached hydrogen (secondary N) is 1. The van der Waals surface area contributed by atoms with Crippen molar-refractivity contribution in [3.63, 3.8) is 0 Å². The number of carbonyl (C=O) groups is 1. The number of carbonyl (C=O) groups excluding carboxylic acids is 1. The molecule has 1 heterocycles. The minimum atomic E-state index is -0.321. The minimum absolute atomic E-state index is 0.294. The number of nitrogens with two attached hydrogens (primary N) is 1. The van der Waals surface area contributed by atoms with Crippen molar-refractivity contribution in [2.75, 3.05) is 12.8 Å². The second-order valence-electron chi connectivity index (χ2n) is 3.67. The fourth-order valence-corrected chi connectivity index (χ4v) is 1.40. The number of nitrogen functional groups attached to an aromatic ring is 1. The Kier molecular flexibility index (Phi) is 3.82. The second-order valence-corrected chi connectivity index (χ2v) is 3.67. The van der Waals surface area contributed by atoms with Crippen LogP contribution in [0.5, 0.6) is 5.75 Å². The van der Waals surface area contributed by atoms with Gasteiger partial charge in [0.25, 0.3) is 5.91 Å². The van der Waals surface area contributed by atoms with E-state index in [9.17, 15) is 4.79 Å². The number of furan rings is 1. The summed E-state index contributed by atoms with van der Waals surface area (Å²) >= 11 is 0. The molecule has 6 nitrogen and oxygen atoms in total. The molecule has 2 rings (SSSR count). The van der Waals surface area contributed by atoms with Crippen molar-refractivity contribution in [3.8, 4) is 5.75 Å². The van der Waals surface area contributed by atoms with Crippen LogP contribution < -0.4 is 15.9 Å². The van der Waals surface area contributed by atoms with Crippen molar-refractivity contribution < 1.29 is 13.9 Å². The van der Waals surface area contributed by atoms with Crippen LogP contribution in [0.1, 0.15) is 16.1 Å². The number of ether oxygens (including phenoxy) is 1. The van der Waals surface area contributed by atoms with E-state index in [1.54, 1.807) is 43.5 Å². The molecule has 6 heteroatoms. The molecule has 19 heavy (non-hydrogen) atoms. The van der Waals surface area contributed by atoms with Gasteiger partial charge < -0.3 is 14.9 Å². The fourth-order valence-electron chi connectivity index (χ4n) is 1.40. The zero-order chi connectivity index (χ0) is 13.7. The minimum Gasteiger partial charge on any atom is -0.497 e. The van der Waals surface area contributed by atoms with Gasteiger partial charge in [0.05, 0.1) is 13.3 Å². The van der Waals surface area contributed by atoms with Gasteiger partial charge in [-0.1, -0.05) is 0 Å². The van der Waals surface area contributed by atoms with Gasteiger partial charge in [-0.05, 0) is 30.3 Å². The zero-order valence-electron chi connectivity index (χ0n) is 10.3. The summed E-state index contributed by atoms with van der Waals surface area (Å²) in [6.07, 6.45) is 1.37. The summed E-state index contributed by atoms with van der Waals surface area (Å²) in [5.74, 6) is 1.13. The maximum atomic E-state index is 11.7. The van der Waals surface area contributed by atoms with Gasteiger partial charge in [0.2, 0.25) is 0 Å². The molecule has 1 amide bonds. The Bertz CT molecular complexity index is 587. The van der Waals surface area contributed by atoms with E-state index in [1.165, 1.54) is 6.21 Å². The van der Waals surface area contributed by atoms with E-state index in [4.69, 9.17) is 14.9 Å². The van der Waals surface area contributed by atoms with E-state index in [2.05, 4.69) is 10.5 Å². The lowest BCUT2D eigenvalue weighted by Crippen LogP contribution is -2.17. The van der Waals surface area contributed by atoms with Crippen LogP contribution in [-0.2, 0) is 0 Å². The number of amides is 1. The summed E-state index contributed by atoms with van der Waals surface area (Å²) < 4.78 is 10.1. The number of benzene rings is 1. The Balaban J connectivity index is 1.95. The molecule has 1 aromatic carbocycles. The van der Waals surface area contributed by atoms with E-state index >= 15 is 0 Å². The summed E-state index contributed by atoms with van der Waals surface area (Å²) in [5, 5.41) is 3.77. The van der Waals surface area contributed by atoms with Crippen LogP contribution in [0, 0.1) is 0 Å². The van der Waals surface area contributed by atoms with Gasteiger partial charge in [-0.15, -0.1) is 0 Å². The highest BCUT2D eigenvalue weighted by Gasteiger charge is 2.03. The lowest BCUT2D eigenvalue weighted by atomic mass is 10.2. The van der Waals surface area contributed by atoms with Crippen molar-refractivity contribution in [2.45, 2.75) is 0 Å². The molecule has 0 aliphatic carbocycles. The summed E-state index contributed by atoms with van der Waals surface area (Å²) in [5.41, 5.74) is 8.27. The number of hydrogen-bond acceptors (Lipinski definition) is 5. The summed E-state index contributed by atoms with van der Waals surface area (Å²) in [7, 11) is 1.56. The molecule has 0 radical (unpaired) electrons. The molecule has 2 aromatic rings. The number of rotatable bonds is 4. The summed E-state index contributed by atoms with van der Waals surface area (Å²) in [6, 6.07) is 9.95. The van der Waals surface area contributed by atoms with Crippen LogP contribution in [-0.4, -0.2) is 19.2 Å². The first-order valence-corrected chi connectivity index (χ1v) is 5.52. The smallest absolute Gasteiger partial charge is 0.271 e. The van der Waals surface area contributed by atoms with E-state index in [0.717, 1.165) is 0 Å². The Morgan fingerprint density at radius 2 is 2.05 bits per heavy atom. The standard InChI is InChI=1S/C13H13N3O3/c1-18-10-4-2-9(3-5-10)13(17)16-15-8-11-6-7-12(14)19-11/h2-8H,14H2,1H3,(H,16,17)/b15-8+. The molecular formula is C13H13N3O3. The maximum absolute atomic E-state index is 11.7. The number of nitrogens with zero attached hydrogens (tertiary/aromatic N) is 1. The molecule has 1 aromatic heterocycles. The van der Waals surface area contributed by atoms with Crippen molar-refractivity contribution in [1.29, 1.82) is 0 Å².